The minimum Gasteiger partial charge on any atom is -0.367 e. The van der Waals surface area contributed by atoms with Crippen LogP contribution in [0.1, 0.15) is 24.2 Å². The molecule has 0 unspecified atom stereocenters. The lowest BCUT2D eigenvalue weighted by atomic mass is 10.2. The highest BCUT2D eigenvalue weighted by Gasteiger charge is 2.11. The van der Waals surface area contributed by atoms with Crippen LogP contribution in [0, 0.1) is 0 Å². The lowest BCUT2D eigenvalue weighted by molar-refractivity contribution is 0.1000. The molecule has 0 aliphatic heterocycles. The van der Waals surface area contributed by atoms with Crippen LogP contribution in [0.15, 0.2) is 41.5 Å². The number of aromatic amines is 1. The zero-order chi connectivity index (χ0) is 18.0. The van der Waals surface area contributed by atoms with Crippen molar-refractivity contribution in [2.75, 3.05) is 10.6 Å². The molecular weight excluding hydrogens is 320 g/mol. The normalized spacial score (nSPS) is 10.8. The van der Waals surface area contributed by atoms with Gasteiger partial charge in [0.15, 0.2) is 0 Å². The van der Waals surface area contributed by atoms with Gasteiger partial charge in [-0.2, -0.15) is 0 Å². The van der Waals surface area contributed by atoms with Crippen molar-refractivity contribution in [3.05, 3.63) is 52.6 Å². The van der Waals surface area contributed by atoms with Gasteiger partial charge in [-0.15, -0.1) is 0 Å². The Morgan fingerprint density at radius 2 is 2.04 bits per heavy atom. The van der Waals surface area contributed by atoms with Crippen LogP contribution < -0.4 is 21.9 Å². The second kappa shape index (κ2) is 6.60. The summed E-state index contributed by atoms with van der Waals surface area (Å²) in [6.45, 7) is 3.93. The molecule has 0 bridgehead atoms. The third-order valence-corrected chi connectivity index (χ3v) is 3.48. The second-order valence-corrected chi connectivity index (χ2v) is 5.85. The third kappa shape index (κ3) is 3.57. The lowest BCUT2D eigenvalue weighted by Crippen LogP contribution is -2.16. The Morgan fingerprint density at radius 1 is 1.24 bits per heavy atom. The Labute approximate surface area is 143 Å². The van der Waals surface area contributed by atoms with Gasteiger partial charge in [0.2, 0.25) is 5.91 Å². The fourth-order valence-electron chi connectivity index (χ4n) is 2.40. The van der Waals surface area contributed by atoms with Crippen LogP contribution in [-0.4, -0.2) is 26.9 Å². The molecule has 0 atom stereocenters. The smallest absolute Gasteiger partial charge is 0.259 e. The molecule has 0 aliphatic rings. The molecule has 8 nitrogen and oxygen atoms in total. The molecule has 0 fully saturated rings. The SMILES string of the molecule is CC(C)Nc1nc(Nc2ccc(C(N)=O)cn2)cc2cc[nH]c(=O)c12. The topological polar surface area (TPSA) is 126 Å². The molecular formula is C17H18N6O2. The van der Waals surface area contributed by atoms with Crippen molar-refractivity contribution in [3.63, 3.8) is 0 Å². The number of carbonyl (C=O) groups is 1. The number of pyridine rings is 3. The van der Waals surface area contributed by atoms with E-state index in [9.17, 15) is 9.59 Å². The maximum atomic E-state index is 12.1. The Bertz CT molecular complexity index is 979. The summed E-state index contributed by atoms with van der Waals surface area (Å²) in [7, 11) is 0. The summed E-state index contributed by atoms with van der Waals surface area (Å²) in [6, 6.07) is 6.90. The van der Waals surface area contributed by atoms with Crippen LogP contribution in [0.5, 0.6) is 0 Å². The van der Waals surface area contributed by atoms with Gasteiger partial charge in [0.05, 0.1) is 10.9 Å². The van der Waals surface area contributed by atoms with Crippen molar-refractivity contribution in [1.82, 2.24) is 15.0 Å². The first kappa shape index (κ1) is 16.4. The Balaban J connectivity index is 2.01. The minimum absolute atomic E-state index is 0.110. The van der Waals surface area contributed by atoms with E-state index in [1.165, 1.54) is 6.20 Å². The van der Waals surface area contributed by atoms with E-state index in [4.69, 9.17) is 5.73 Å². The largest absolute Gasteiger partial charge is 0.367 e. The summed E-state index contributed by atoms with van der Waals surface area (Å²) in [6.07, 6.45) is 2.98. The minimum atomic E-state index is -0.537. The molecule has 0 radical (unpaired) electrons. The number of primary amides is 1. The summed E-state index contributed by atoms with van der Waals surface area (Å²) >= 11 is 0. The summed E-state index contributed by atoms with van der Waals surface area (Å²) < 4.78 is 0. The predicted molar refractivity (Wildman–Crippen MR) is 97.2 cm³/mol. The first-order valence-corrected chi connectivity index (χ1v) is 7.76. The van der Waals surface area contributed by atoms with Gasteiger partial charge < -0.3 is 21.4 Å². The number of aromatic nitrogens is 3. The molecule has 25 heavy (non-hydrogen) atoms. The maximum absolute atomic E-state index is 12.1. The van der Waals surface area contributed by atoms with E-state index in [0.717, 1.165) is 5.39 Å². The van der Waals surface area contributed by atoms with Crippen LogP contribution in [0.3, 0.4) is 0 Å². The molecule has 1 amide bonds. The van der Waals surface area contributed by atoms with Gasteiger partial charge in [0.1, 0.15) is 17.5 Å². The average molecular weight is 338 g/mol. The standard InChI is InChI=1S/C17H18N6O2/c1-9(2)21-16-14-10(5-6-19-17(14)25)7-13(23-16)22-12-4-3-11(8-20-12)15(18)24/h3-9H,1-2H3,(H2,18,24)(H,19,25)(H2,20,21,22,23). The van der Waals surface area contributed by atoms with E-state index in [1.54, 1.807) is 30.5 Å². The molecule has 0 saturated heterocycles. The number of fused-ring (bicyclic) bond motifs is 1. The first-order valence-electron chi connectivity index (χ1n) is 7.76. The lowest BCUT2D eigenvalue weighted by Gasteiger charge is -2.14. The summed E-state index contributed by atoms with van der Waals surface area (Å²) in [5, 5.41) is 7.50. The molecule has 3 rings (SSSR count). The summed E-state index contributed by atoms with van der Waals surface area (Å²) in [5.41, 5.74) is 5.33. The quantitative estimate of drug-likeness (QED) is 0.563. The molecule has 3 aromatic heterocycles. The van der Waals surface area contributed by atoms with E-state index >= 15 is 0 Å². The van der Waals surface area contributed by atoms with Crippen LogP contribution in [0.2, 0.25) is 0 Å². The van der Waals surface area contributed by atoms with E-state index in [0.29, 0.717) is 28.4 Å². The van der Waals surface area contributed by atoms with Gasteiger partial charge in [-0.1, -0.05) is 0 Å². The van der Waals surface area contributed by atoms with Crippen LogP contribution >= 0.6 is 0 Å². The number of amides is 1. The van der Waals surface area contributed by atoms with Gasteiger partial charge in [-0.3, -0.25) is 9.59 Å². The average Bonchev–Trinajstić information content (AvgIpc) is 2.54. The van der Waals surface area contributed by atoms with Gasteiger partial charge in [-0.25, -0.2) is 9.97 Å². The van der Waals surface area contributed by atoms with Crippen molar-refractivity contribution in [1.29, 1.82) is 0 Å². The molecule has 128 valence electrons. The van der Waals surface area contributed by atoms with E-state index < -0.39 is 5.91 Å². The Morgan fingerprint density at radius 3 is 2.68 bits per heavy atom. The third-order valence-electron chi connectivity index (χ3n) is 3.48. The summed E-state index contributed by atoms with van der Waals surface area (Å²) in [5.74, 6) is 0.994. The predicted octanol–water partition coefficient (Wildman–Crippen LogP) is 1.98. The number of carbonyl (C=O) groups excluding carboxylic acids is 1. The zero-order valence-corrected chi connectivity index (χ0v) is 13.8. The number of hydrogen-bond donors (Lipinski definition) is 4. The van der Waals surface area contributed by atoms with Crippen LogP contribution in [0.4, 0.5) is 17.5 Å². The molecule has 3 aromatic rings. The zero-order valence-electron chi connectivity index (χ0n) is 13.8. The van der Waals surface area contributed by atoms with E-state index in [1.807, 2.05) is 13.8 Å². The van der Waals surface area contributed by atoms with Gasteiger partial charge in [-0.05, 0) is 43.5 Å². The van der Waals surface area contributed by atoms with Crippen molar-refractivity contribution in [2.45, 2.75) is 19.9 Å². The van der Waals surface area contributed by atoms with E-state index in [2.05, 4.69) is 25.6 Å². The highest BCUT2D eigenvalue weighted by molar-refractivity contribution is 5.94. The summed E-state index contributed by atoms with van der Waals surface area (Å²) in [4.78, 5) is 34.5. The number of hydrogen-bond acceptors (Lipinski definition) is 6. The molecule has 0 aromatic carbocycles. The highest BCUT2D eigenvalue weighted by atomic mass is 16.1. The Hall–Kier alpha value is -3.42. The number of nitrogens with zero attached hydrogens (tertiary/aromatic N) is 2. The fourth-order valence-corrected chi connectivity index (χ4v) is 2.40. The molecule has 0 saturated carbocycles. The van der Waals surface area contributed by atoms with Crippen molar-refractivity contribution < 1.29 is 4.79 Å². The molecule has 0 aliphatic carbocycles. The van der Waals surface area contributed by atoms with Crippen molar-refractivity contribution in [2.24, 2.45) is 5.73 Å². The molecule has 3 heterocycles. The monoisotopic (exact) mass is 338 g/mol. The van der Waals surface area contributed by atoms with Crippen molar-refractivity contribution >= 4 is 34.1 Å². The number of H-pyrrole nitrogens is 1. The van der Waals surface area contributed by atoms with E-state index in [-0.39, 0.29) is 11.6 Å². The van der Waals surface area contributed by atoms with Crippen molar-refractivity contribution in [3.8, 4) is 0 Å². The molecule has 0 spiro atoms. The van der Waals surface area contributed by atoms with Gasteiger partial charge in [0.25, 0.3) is 5.56 Å². The number of rotatable bonds is 5. The number of nitrogens with one attached hydrogen (secondary N) is 3. The molecule has 8 heteroatoms. The van der Waals surface area contributed by atoms with Crippen LogP contribution in [0.25, 0.3) is 10.8 Å². The van der Waals surface area contributed by atoms with Gasteiger partial charge in [0, 0.05) is 18.4 Å². The Kier molecular flexibility index (Phi) is 4.34. The number of nitrogens with two attached hydrogens (primary N) is 1. The highest BCUT2D eigenvalue weighted by Crippen LogP contribution is 2.24. The maximum Gasteiger partial charge on any atom is 0.259 e. The second-order valence-electron chi connectivity index (χ2n) is 5.85. The molecule has 5 N–H and O–H groups in total. The fraction of sp³-hybridized carbons (Fsp3) is 0.176. The van der Waals surface area contributed by atoms with Gasteiger partial charge >= 0.3 is 0 Å². The first-order chi connectivity index (χ1) is 11.9. The van der Waals surface area contributed by atoms with Crippen LogP contribution in [-0.2, 0) is 0 Å². The number of anilines is 3.